The smallest absolute Gasteiger partial charge is 0.189 e. The lowest BCUT2D eigenvalue weighted by atomic mass is 10.1. The molecule has 0 aliphatic carbocycles. The second-order valence-corrected chi connectivity index (χ2v) is 6.48. The Hall–Kier alpha value is -2.06. The van der Waals surface area contributed by atoms with Gasteiger partial charge in [-0.05, 0) is 59.1 Å². The van der Waals surface area contributed by atoms with Crippen molar-refractivity contribution in [3.05, 3.63) is 35.9 Å². The zero-order valence-electron chi connectivity index (χ0n) is 16.8. The van der Waals surface area contributed by atoms with Gasteiger partial charge in [0.1, 0.15) is 5.71 Å². The Morgan fingerprint density at radius 1 is 0.815 bits per heavy atom. The van der Waals surface area contributed by atoms with E-state index in [1.807, 2.05) is 47.1 Å². The van der Waals surface area contributed by atoms with Crippen molar-refractivity contribution < 1.29 is 0 Å². The number of hydrogen-bond donors (Lipinski definition) is 2. The van der Waals surface area contributed by atoms with Gasteiger partial charge in [0.15, 0.2) is 10.2 Å². The summed E-state index contributed by atoms with van der Waals surface area (Å²) in [6, 6.07) is 9.88. The highest BCUT2D eigenvalue weighted by Crippen LogP contribution is 2.03. The van der Waals surface area contributed by atoms with Gasteiger partial charge in [-0.25, -0.2) is 0 Å². The van der Waals surface area contributed by atoms with Gasteiger partial charge < -0.3 is 9.80 Å². The Morgan fingerprint density at radius 3 is 1.70 bits per heavy atom. The molecule has 1 rings (SSSR count). The van der Waals surface area contributed by atoms with Gasteiger partial charge >= 0.3 is 0 Å². The van der Waals surface area contributed by atoms with E-state index in [1.54, 1.807) is 0 Å². The van der Waals surface area contributed by atoms with Crippen molar-refractivity contribution >= 4 is 46.1 Å². The molecule has 0 saturated carbocycles. The minimum absolute atomic E-state index is 0.591. The SMILES string of the molecule is CCN(CC)C(=S)N/N=C(C)/C(=N/NC(=S)N(CC)CC)c1ccccc1. The maximum absolute atomic E-state index is 5.43. The van der Waals surface area contributed by atoms with Gasteiger partial charge in [0.25, 0.3) is 0 Å². The molecule has 0 fully saturated rings. The average Bonchev–Trinajstić information content (AvgIpc) is 2.69. The summed E-state index contributed by atoms with van der Waals surface area (Å²) in [4.78, 5) is 4.06. The third-order valence-electron chi connectivity index (χ3n) is 4.07. The van der Waals surface area contributed by atoms with Crippen LogP contribution < -0.4 is 10.9 Å². The first-order valence-corrected chi connectivity index (χ1v) is 10.1. The first kappa shape index (κ1) is 23.0. The van der Waals surface area contributed by atoms with Gasteiger partial charge in [-0.15, -0.1) is 0 Å². The van der Waals surface area contributed by atoms with Gasteiger partial charge in [-0.2, -0.15) is 10.2 Å². The molecule has 0 unspecified atom stereocenters. The maximum Gasteiger partial charge on any atom is 0.189 e. The van der Waals surface area contributed by atoms with Crippen molar-refractivity contribution in [1.29, 1.82) is 0 Å². The van der Waals surface area contributed by atoms with Crippen LogP contribution in [0.1, 0.15) is 40.2 Å². The van der Waals surface area contributed by atoms with Gasteiger partial charge in [0.2, 0.25) is 0 Å². The molecular weight excluding hydrogens is 376 g/mol. The van der Waals surface area contributed by atoms with E-state index in [4.69, 9.17) is 24.4 Å². The van der Waals surface area contributed by atoms with E-state index in [0.29, 0.717) is 21.6 Å². The fraction of sp³-hybridized carbons (Fsp3) is 0.474. The van der Waals surface area contributed by atoms with Crippen LogP contribution in [-0.2, 0) is 0 Å². The molecule has 8 heteroatoms. The first-order chi connectivity index (χ1) is 13.0. The lowest BCUT2D eigenvalue weighted by molar-refractivity contribution is 0.457. The Bertz CT molecular complexity index is 664. The lowest BCUT2D eigenvalue weighted by Gasteiger charge is -2.21. The van der Waals surface area contributed by atoms with Crippen molar-refractivity contribution in [2.45, 2.75) is 34.6 Å². The lowest BCUT2D eigenvalue weighted by Crippen LogP contribution is -2.39. The quantitative estimate of drug-likeness (QED) is 0.393. The summed E-state index contributed by atoms with van der Waals surface area (Å²) < 4.78 is 0. The van der Waals surface area contributed by atoms with E-state index in [0.717, 1.165) is 31.7 Å². The number of hydrazone groups is 2. The van der Waals surface area contributed by atoms with Crippen LogP contribution >= 0.6 is 24.4 Å². The second-order valence-electron chi connectivity index (χ2n) is 5.70. The predicted octanol–water partition coefficient (Wildman–Crippen LogP) is 3.20. The average molecular weight is 407 g/mol. The van der Waals surface area contributed by atoms with Crippen LogP contribution in [0.3, 0.4) is 0 Å². The summed E-state index contributed by atoms with van der Waals surface area (Å²) in [7, 11) is 0. The van der Waals surface area contributed by atoms with Crippen LogP contribution in [0.25, 0.3) is 0 Å². The highest BCUT2D eigenvalue weighted by Gasteiger charge is 2.11. The van der Waals surface area contributed by atoms with E-state index in [1.165, 1.54) is 0 Å². The predicted molar refractivity (Wildman–Crippen MR) is 123 cm³/mol. The van der Waals surface area contributed by atoms with Crippen molar-refractivity contribution in [3.63, 3.8) is 0 Å². The third-order valence-corrected chi connectivity index (χ3v) is 4.77. The standard InChI is InChI=1S/C19H30N6S2/c1-6-24(7-2)18(26)22-20-15(5)17(16-13-11-10-12-14-16)21-23-19(27)25(8-3)9-4/h10-14H,6-9H2,1-5H3,(H,22,26)(H,23,27)/b20-15+,21-17-. The highest BCUT2D eigenvalue weighted by molar-refractivity contribution is 7.80. The number of rotatable bonds is 8. The van der Waals surface area contributed by atoms with Gasteiger partial charge in [0.05, 0.1) is 5.71 Å². The van der Waals surface area contributed by atoms with Crippen molar-refractivity contribution in [2.75, 3.05) is 26.2 Å². The summed E-state index contributed by atoms with van der Waals surface area (Å²) in [5, 5.41) is 10.2. The molecular formula is C19H30N6S2. The molecule has 0 atom stereocenters. The van der Waals surface area contributed by atoms with Gasteiger partial charge in [-0.1, -0.05) is 30.3 Å². The number of thiocarbonyl (C=S) groups is 2. The summed E-state index contributed by atoms with van der Waals surface area (Å²) in [6.07, 6.45) is 0. The molecule has 0 bridgehead atoms. The van der Waals surface area contributed by atoms with Crippen LogP contribution in [0, 0.1) is 0 Å². The van der Waals surface area contributed by atoms with E-state index in [9.17, 15) is 0 Å². The molecule has 1 aromatic rings. The van der Waals surface area contributed by atoms with Gasteiger partial charge in [-0.3, -0.25) is 10.9 Å². The molecule has 0 aliphatic heterocycles. The summed E-state index contributed by atoms with van der Waals surface area (Å²) in [5.41, 5.74) is 8.32. The van der Waals surface area contributed by atoms with Crippen molar-refractivity contribution in [1.82, 2.24) is 20.7 Å². The van der Waals surface area contributed by atoms with Crippen LogP contribution in [0.15, 0.2) is 40.5 Å². The van der Waals surface area contributed by atoms with E-state index < -0.39 is 0 Å². The Balaban J connectivity index is 3.04. The molecule has 0 aromatic heterocycles. The Kier molecular flexibility index (Phi) is 10.5. The van der Waals surface area contributed by atoms with Crippen molar-refractivity contribution in [3.8, 4) is 0 Å². The molecule has 0 spiro atoms. The Labute approximate surface area is 173 Å². The minimum atomic E-state index is 0.591. The molecule has 27 heavy (non-hydrogen) atoms. The fourth-order valence-corrected chi connectivity index (χ4v) is 3.01. The second kappa shape index (κ2) is 12.3. The highest BCUT2D eigenvalue weighted by atomic mass is 32.1. The summed E-state index contributed by atoms with van der Waals surface area (Å²) in [6.45, 7) is 13.4. The van der Waals surface area contributed by atoms with Crippen molar-refractivity contribution in [2.24, 2.45) is 10.2 Å². The van der Waals surface area contributed by atoms with E-state index in [2.05, 4.69) is 48.7 Å². The number of hydrogen-bond acceptors (Lipinski definition) is 4. The van der Waals surface area contributed by atoms with Crippen LogP contribution in [0.5, 0.6) is 0 Å². The zero-order chi connectivity index (χ0) is 20.2. The van der Waals surface area contributed by atoms with E-state index >= 15 is 0 Å². The monoisotopic (exact) mass is 406 g/mol. The number of benzene rings is 1. The summed E-state index contributed by atoms with van der Waals surface area (Å²) >= 11 is 10.8. The fourth-order valence-electron chi connectivity index (χ4n) is 2.40. The van der Waals surface area contributed by atoms with Gasteiger partial charge in [0, 0.05) is 31.7 Å². The molecule has 0 heterocycles. The van der Waals surface area contributed by atoms with E-state index in [-0.39, 0.29) is 0 Å². The molecule has 0 aliphatic rings. The van der Waals surface area contributed by atoms with Crippen LogP contribution in [0.4, 0.5) is 0 Å². The molecule has 148 valence electrons. The molecule has 1 aromatic carbocycles. The molecule has 0 amide bonds. The molecule has 6 nitrogen and oxygen atoms in total. The molecule has 0 radical (unpaired) electrons. The number of nitrogens with zero attached hydrogens (tertiary/aromatic N) is 4. The largest absolute Gasteiger partial charge is 0.348 e. The minimum Gasteiger partial charge on any atom is -0.348 e. The maximum atomic E-state index is 5.43. The van der Waals surface area contributed by atoms with Crippen LogP contribution in [0.2, 0.25) is 0 Å². The molecule has 0 saturated heterocycles. The van der Waals surface area contributed by atoms with Crippen LogP contribution in [-0.4, -0.2) is 57.6 Å². The number of nitrogens with one attached hydrogen (secondary N) is 2. The Morgan fingerprint density at radius 2 is 1.26 bits per heavy atom. The first-order valence-electron chi connectivity index (χ1n) is 9.25. The molecule has 2 N–H and O–H groups in total. The topological polar surface area (TPSA) is 55.3 Å². The normalized spacial score (nSPS) is 11.7. The zero-order valence-corrected chi connectivity index (χ0v) is 18.5. The third kappa shape index (κ3) is 7.22. The summed E-state index contributed by atoms with van der Waals surface area (Å²) in [5.74, 6) is 0.